The lowest BCUT2D eigenvalue weighted by molar-refractivity contribution is 0.0930. The highest BCUT2D eigenvalue weighted by molar-refractivity contribution is 5.94. The van der Waals surface area contributed by atoms with Crippen molar-refractivity contribution in [2.75, 3.05) is 0 Å². The van der Waals surface area contributed by atoms with Crippen LogP contribution in [0.5, 0.6) is 0 Å². The van der Waals surface area contributed by atoms with Gasteiger partial charge in [-0.3, -0.25) is 4.79 Å². The Morgan fingerprint density at radius 1 is 1.21 bits per heavy atom. The van der Waals surface area contributed by atoms with Gasteiger partial charge in [0.25, 0.3) is 11.8 Å². The molecule has 1 saturated carbocycles. The molecule has 1 amide bonds. The number of nitrogens with one attached hydrogen (secondary N) is 1. The molecule has 0 aliphatic heterocycles. The van der Waals surface area contributed by atoms with Crippen LogP contribution in [0.15, 0.2) is 34.7 Å². The number of hydrogen-bond donors (Lipinski definition) is 1. The summed E-state index contributed by atoms with van der Waals surface area (Å²) in [6, 6.07) is 9.68. The van der Waals surface area contributed by atoms with Crippen LogP contribution in [0, 0.1) is 12.8 Å². The first-order valence-corrected chi connectivity index (χ1v) is 9.74. The maximum absolute atomic E-state index is 12.6. The van der Waals surface area contributed by atoms with Crippen LogP contribution < -0.4 is 5.32 Å². The van der Waals surface area contributed by atoms with Gasteiger partial charge in [-0.1, -0.05) is 19.9 Å². The molecule has 1 atom stereocenters. The van der Waals surface area contributed by atoms with Gasteiger partial charge >= 0.3 is 0 Å². The van der Waals surface area contributed by atoms with Crippen LogP contribution in [0.3, 0.4) is 0 Å². The van der Waals surface area contributed by atoms with Gasteiger partial charge < -0.3 is 9.73 Å². The van der Waals surface area contributed by atoms with Gasteiger partial charge in [-0.05, 0) is 49.9 Å². The van der Waals surface area contributed by atoms with Crippen molar-refractivity contribution in [3.8, 4) is 17.3 Å². The summed E-state index contributed by atoms with van der Waals surface area (Å²) in [6.45, 7) is 7.96. The maximum atomic E-state index is 12.6. The fourth-order valence-corrected chi connectivity index (χ4v) is 3.01. The van der Waals surface area contributed by atoms with Crippen LogP contribution in [-0.4, -0.2) is 31.9 Å². The summed E-state index contributed by atoms with van der Waals surface area (Å²) >= 11 is 0. The molecule has 1 aliphatic carbocycles. The lowest BCUT2D eigenvalue weighted by atomic mass is 10.1. The Labute approximate surface area is 164 Å². The van der Waals surface area contributed by atoms with Crippen LogP contribution >= 0.6 is 0 Å². The summed E-state index contributed by atoms with van der Waals surface area (Å²) < 4.78 is 7.44. The third-order valence-electron chi connectivity index (χ3n) is 5.19. The quantitative estimate of drug-likeness (QED) is 0.702. The molecular weight excluding hydrogens is 354 g/mol. The molecule has 3 aromatic rings. The Hall–Kier alpha value is -2.96. The molecule has 1 aromatic carbocycles. The second-order valence-electron chi connectivity index (χ2n) is 7.82. The van der Waals surface area contributed by atoms with E-state index >= 15 is 0 Å². The Morgan fingerprint density at radius 3 is 2.64 bits per heavy atom. The molecule has 1 aliphatic rings. The molecule has 7 nitrogen and oxygen atoms in total. The number of carbonyl (C=O) groups excluding carboxylic acids is 1. The summed E-state index contributed by atoms with van der Waals surface area (Å²) in [5, 5.41) is 15.7. The van der Waals surface area contributed by atoms with Gasteiger partial charge in [0.05, 0.1) is 5.69 Å². The van der Waals surface area contributed by atoms with E-state index in [1.54, 1.807) is 6.92 Å². The zero-order valence-corrected chi connectivity index (χ0v) is 16.6. The molecule has 4 rings (SSSR count). The minimum atomic E-state index is -0.0732. The van der Waals surface area contributed by atoms with E-state index < -0.39 is 0 Å². The highest BCUT2D eigenvalue weighted by Gasteiger charge is 2.30. The van der Waals surface area contributed by atoms with E-state index in [1.807, 2.05) is 41.9 Å². The number of rotatable bonds is 6. The zero-order valence-electron chi connectivity index (χ0n) is 16.6. The fourth-order valence-electron chi connectivity index (χ4n) is 3.01. The molecule has 146 valence electrons. The monoisotopic (exact) mass is 379 g/mol. The van der Waals surface area contributed by atoms with Gasteiger partial charge in [-0.25, -0.2) is 4.68 Å². The summed E-state index contributed by atoms with van der Waals surface area (Å²) in [4.78, 5) is 12.6. The predicted molar refractivity (Wildman–Crippen MR) is 105 cm³/mol. The third-order valence-corrected chi connectivity index (χ3v) is 5.19. The minimum absolute atomic E-state index is 0.0732. The van der Waals surface area contributed by atoms with Gasteiger partial charge in [0.1, 0.15) is 5.69 Å². The Bertz CT molecular complexity index is 1000. The van der Waals surface area contributed by atoms with E-state index in [9.17, 15) is 4.79 Å². The summed E-state index contributed by atoms with van der Waals surface area (Å²) in [5.41, 5.74) is 3.25. The van der Waals surface area contributed by atoms with E-state index in [4.69, 9.17) is 9.52 Å². The van der Waals surface area contributed by atoms with Crippen molar-refractivity contribution in [1.82, 2.24) is 25.3 Å². The number of amides is 1. The molecule has 1 N–H and O–H groups in total. The summed E-state index contributed by atoms with van der Waals surface area (Å²) in [7, 11) is 0. The Balaban J connectivity index is 1.67. The van der Waals surface area contributed by atoms with Crippen LogP contribution in [0.2, 0.25) is 0 Å². The van der Waals surface area contributed by atoms with Crippen molar-refractivity contribution in [2.45, 2.75) is 52.5 Å². The first-order chi connectivity index (χ1) is 13.4. The molecule has 28 heavy (non-hydrogen) atoms. The topological polar surface area (TPSA) is 85.8 Å². The summed E-state index contributed by atoms with van der Waals surface area (Å²) in [5.74, 6) is 1.70. The number of benzene rings is 1. The molecule has 1 fully saturated rings. The van der Waals surface area contributed by atoms with E-state index in [2.05, 4.69) is 29.4 Å². The van der Waals surface area contributed by atoms with E-state index in [1.165, 1.54) is 0 Å². The van der Waals surface area contributed by atoms with Crippen LogP contribution in [0.25, 0.3) is 17.3 Å². The third kappa shape index (κ3) is 3.69. The van der Waals surface area contributed by atoms with Crippen molar-refractivity contribution < 1.29 is 9.21 Å². The van der Waals surface area contributed by atoms with Crippen molar-refractivity contribution >= 4 is 5.91 Å². The standard InChI is InChI=1S/C21H25N5O2/c1-12(2)13(3)22-20(27)16-6-5-7-17(10-16)26-19(15-8-9-15)11-18(25-26)21-24-23-14(4)28-21/h5-7,10-13,15H,8-9H2,1-4H3,(H,22,27). The number of nitrogens with zero attached hydrogens (tertiary/aromatic N) is 4. The fraction of sp³-hybridized carbons (Fsp3) is 0.429. The molecule has 1 unspecified atom stereocenters. The van der Waals surface area contributed by atoms with E-state index in [-0.39, 0.29) is 11.9 Å². The molecule has 0 spiro atoms. The van der Waals surface area contributed by atoms with Crippen LogP contribution in [-0.2, 0) is 0 Å². The number of aromatic nitrogens is 4. The van der Waals surface area contributed by atoms with Crippen molar-refractivity contribution in [1.29, 1.82) is 0 Å². The molecule has 7 heteroatoms. The van der Waals surface area contributed by atoms with Crippen LogP contribution in [0.1, 0.15) is 61.5 Å². The first kappa shape index (κ1) is 18.4. The van der Waals surface area contributed by atoms with Gasteiger partial charge in [-0.2, -0.15) is 5.10 Å². The minimum Gasteiger partial charge on any atom is -0.420 e. The van der Waals surface area contributed by atoms with Crippen LogP contribution in [0.4, 0.5) is 0 Å². The van der Waals surface area contributed by atoms with E-state index in [0.29, 0.717) is 34.9 Å². The van der Waals surface area contributed by atoms with Gasteiger partial charge in [0.15, 0.2) is 0 Å². The molecule has 0 bridgehead atoms. The Kier molecular flexibility index (Phi) is 4.75. The highest BCUT2D eigenvalue weighted by atomic mass is 16.4. The SMILES string of the molecule is Cc1nnc(-c2cc(C3CC3)n(-c3cccc(C(=O)NC(C)C(C)C)c3)n2)o1. The van der Waals surface area contributed by atoms with Gasteiger partial charge in [0.2, 0.25) is 5.89 Å². The van der Waals surface area contributed by atoms with Crippen molar-refractivity contribution in [3.05, 3.63) is 47.5 Å². The smallest absolute Gasteiger partial charge is 0.268 e. The largest absolute Gasteiger partial charge is 0.420 e. The predicted octanol–water partition coefficient (Wildman–Crippen LogP) is 3.88. The zero-order chi connectivity index (χ0) is 19.8. The van der Waals surface area contributed by atoms with Crippen molar-refractivity contribution in [3.63, 3.8) is 0 Å². The normalized spacial score (nSPS) is 15.0. The second kappa shape index (κ2) is 7.22. The molecule has 0 radical (unpaired) electrons. The molecule has 2 heterocycles. The highest BCUT2D eigenvalue weighted by Crippen LogP contribution is 2.42. The molecule has 2 aromatic heterocycles. The average Bonchev–Trinajstić information content (AvgIpc) is 3.27. The first-order valence-electron chi connectivity index (χ1n) is 9.74. The average molecular weight is 379 g/mol. The Morgan fingerprint density at radius 2 is 2.00 bits per heavy atom. The maximum Gasteiger partial charge on any atom is 0.268 e. The van der Waals surface area contributed by atoms with Gasteiger partial charge in [-0.15, -0.1) is 10.2 Å². The molecule has 0 saturated heterocycles. The molecular formula is C21H25N5O2. The number of aryl methyl sites for hydroxylation is 1. The lowest BCUT2D eigenvalue weighted by Gasteiger charge is -2.17. The van der Waals surface area contributed by atoms with Crippen molar-refractivity contribution in [2.24, 2.45) is 5.92 Å². The number of carbonyl (C=O) groups is 1. The van der Waals surface area contributed by atoms with Gasteiger partial charge in [0, 0.05) is 30.1 Å². The lowest BCUT2D eigenvalue weighted by Crippen LogP contribution is -2.36. The van der Waals surface area contributed by atoms with E-state index in [0.717, 1.165) is 24.2 Å². The summed E-state index contributed by atoms with van der Waals surface area (Å²) in [6.07, 6.45) is 2.28. The number of hydrogen-bond acceptors (Lipinski definition) is 5. The second-order valence-corrected chi connectivity index (χ2v) is 7.82.